The normalized spacial score (nSPS) is 27.0. The third kappa shape index (κ3) is 4.02. The summed E-state index contributed by atoms with van der Waals surface area (Å²) in [6, 6.07) is 7.07. The topological polar surface area (TPSA) is 55.5 Å². The maximum atomic E-state index is 12.8. The van der Waals surface area contributed by atoms with E-state index in [-0.39, 0.29) is 17.9 Å². The molecule has 0 saturated carbocycles. The Bertz CT molecular complexity index is 609. The number of piperazine rings is 1. The molecule has 25 heavy (non-hydrogen) atoms. The molecule has 0 radical (unpaired) electrons. The molecule has 2 saturated heterocycles. The fourth-order valence-corrected chi connectivity index (χ4v) is 3.59. The molecule has 2 fully saturated rings. The molecule has 1 atom stereocenters. The molecule has 1 aromatic carbocycles. The van der Waals surface area contributed by atoms with Gasteiger partial charge in [0.15, 0.2) is 6.04 Å². The Morgan fingerprint density at radius 1 is 1.12 bits per heavy atom. The number of nitrogens with zero attached hydrogens (tertiary/aromatic N) is 1. The van der Waals surface area contributed by atoms with Crippen molar-refractivity contribution in [3.63, 3.8) is 0 Å². The predicted octanol–water partition coefficient (Wildman–Crippen LogP) is -1.09. The van der Waals surface area contributed by atoms with Gasteiger partial charge in [-0.2, -0.15) is 0 Å². The number of hydrogen-bond donors (Lipinski definition) is 2. The Kier molecular flexibility index (Phi) is 5.71. The van der Waals surface area contributed by atoms with Gasteiger partial charge in [0.25, 0.3) is 5.91 Å². The minimum Gasteiger partial charge on any atom is -0.494 e. The molecular weight excluding hydrogens is 318 g/mol. The molecule has 0 bridgehead atoms. The van der Waals surface area contributed by atoms with Gasteiger partial charge in [-0.3, -0.25) is 9.59 Å². The Morgan fingerprint density at radius 2 is 1.80 bits per heavy atom. The summed E-state index contributed by atoms with van der Waals surface area (Å²) in [4.78, 5) is 29.4. The fourth-order valence-electron chi connectivity index (χ4n) is 3.59. The lowest BCUT2D eigenvalue weighted by atomic mass is 10.2. The number of quaternary nitrogens is 2. The number of unbranched alkanes of at least 4 members (excludes halogenated alkanes) is 1. The maximum Gasteiger partial charge on any atom is 0.292 e. The SMILES string of the molecule is CCCCOc1ccc(N2C(=O)C[C@H]([NH+]3CC[NH+](C)CC3)C2=O)cc1. The lowest BCUT2D eigenvalue weighted by Gasteiger charge is -2.30. The summed E-state index contributed by atoms with van der Waals surface area (Å²) < 4.78 is 5.65. The van der Waals surface area contributed by atoms with Crippen LogP contribution in [0.15, 0.2) is 24.3 Å². The third-order valence-electron chi connectivity index (χ3n) is 5.25. The molecule has 2 aliphatic rings. The molecule has 2 N–H and O–H groups in total. The number of likely N-dealkylation sites (N-methyl/N-ethyl adjacent to an activating group) is 1. The molecule has 3 rings (SSSR count). The Balaban J connectivity index is 1.66. The van der Waals surface area contributed by atoms with Crippen LogP contribution in [0.2, 0.25) is 0 Å². The monoisotopic (exact) mass is 347 g/mol. The van der Waals surface area contributed by atoms with Crippen molar-refractivity contribution in [2.75, 3.05) is 44.7 Å². The molecule has 2 aliphatic heterocycles. The highest BCUT2D eigenvalue weighted by Gasteiger charge is 2.46. The van der Waals surface area contributed by atoms with Gasteiger partial charge in [-0.1, -0.05) is 13.3 Å². The zero-order valence-electron chi connectivity index (χ0n) is 15.2. The quantitative estimate of drug-likeness (QED) is 0.508. The summed E-state index contributed by atoms with van der Waals surface area (Å²) >= 11 is 0. The van der Waals surface area contributed by atoms with E-state index in [9.17, 15) is 9.59 Å². The van der Waals surface area contributed by atoms with Crippen LogP contribution in [0.4, 0.5) is 5.69 Å². The summed E-state index contributed by atoms with van der Waals surface area (Å²) in [5.41, 5.74) is 0.652. The van der Waals surface area contributed by atoms with Crippen LogP contribution in [-0.2, 0) is 9.59 Å². The molecule has 0 aliphatic carbocycles. The van der Waals surface area contributed by atoms with Gasteiger partial charge in [0.05, 0.1) is 25.8 Å². The van der Waals surface area contributed by atoms with Crippen LogP contribution in [0.3, 0.4) is 0 Å². The van der Waals surface area contributed by atoms with E-state index >= 15 is 0 Å². The average molecular weight is 347 g/mol. The number of rotatable bonds is 6. The largest absolute Gasteiger partial charge is 0.494 e. The lowest BCUT2D eigenvalue weighted by Crippen LogP contribution is -3.29. The van der Waals surface area contributed by atoms with E-state index in [1.54, 1.807) is 0 Å². The predicted molar refractivity (Wildman–Crippen MR) is 95.1 cm³/mol. The number of imide groups is 1. The van der Waals surface area contributed by atoms with E-state index in [0.717, 1.165) is 44.8 Å². The highest BCUT2D eigenvalue weighted by Crippen LogP contribution is 2.24. The Labute approximate surface area is 149 Å². The van der Waals surface area contributed by atoms with Gasteiger partial charge in [-0.25, -0.2) is 4.90 Å². The second-order valence-corrected chi connectivity index (χ2v) is 7.14. The van der Waals surface area contributed by atoms with Crippen LogP contribution in [0.5, 0.6) is 5.75 Å². The van der Waals surface area contributed by atoms with Crippen molar-refractivity contribution in [2.24, 2.45) is 0 Å². The fraction of sp³-hybridized carbons (Fsp3) is 0.579. The number of benzene rings is 1. The van der Waals surface area contributed by atoms with E-state index in [2.05, 4.69) is 14.0 Å². The van der Waals surface area contributed by atoms with Crippen molar-refractivity contribution in [3.05, 3.63) is 24.3 Å². The maximum absolute atomic E-state index is 12.8. The molecule has 0 unspecified atom stereocenters. The second kappa shape index (κ2) is 7.97. The summed E-state index contributed by atoms with van der Waals surface area (Å²) in [6.45, 7) is 6.82. The van der Waals surface area contributed by atoms with Gasteiger partial charge in [-0.15, -0.1) is 0 Å². The smallest absolute Gasteiger partial charge is 0.292 e. The van der Waals surface area contributed by atoms with Crippen molar-refractivity contribution in [1.82, 2.24) is 0 Å². The minimum atomic E-state index is -0.221. The highest BCUT2D eigenvalue weighted by atomic mass is 16.5. The first kappa shape index (κ1) is 17.9. The number of carbonyl (C=O) groups is 2. The van der Waals surface area contributed by atoms with E-state index in [4.69, 9.17) is 4.74 Å². The van der Waals surface area contributed by atoms with Crippen molar-refractivity contribution in [2.45, 2.75) is 32.2 Å². The molecule has 6 heteroatoms. The number of hydrogen-bond acceptors (Lipinski definition) is 3. The number of anilines is 1. The lowest BCUT2D eigenvalue weighted by molar-refractivity contribution is -1.01. The average Bonchev–Trinajstić information content (AvgIpc) is 2.91. The second-order valence-electron chi connectivity index (χ2n) is 7.14. The molecule has 2 heterocycles. The summed E-state index contributed by atoms with van der Waals surface area (Å²) in [5, 5.41) is 0. The third-order valence-corrected chi connectivity index (χ3v) is 5.25. The molecule has 0 aromatic heterocycles. The number of ether oxygens (including phenoxy) is 1. The van der Waals surface area contributed by atoms with Gasteiger partial charge >= 0.3 is 0 Å². The number of carbonyl (C=O) groups excluding carboxylic acids is 2. The van der Waals surface area contributed by atoms with E-state index < -0.39 is 0 Å². The van der Waals surface area contributed by atoms with E-state index in [1.807, 2.05) is 24.3 Å². The first-order valence-corrected chi connectivity index (χ1v) is 9.35. The first-order valence-electron chi connectivity index (χ1n) is 9.35. The highest BCUT2D eigenvalue weighted by molar-refractivity contribution is 6.21. The van der Waals surface area contributed by atoms with Crippen LogP contribution >= 0.6 is 0 Å². The van der Waals surface area contributed by atoms with Crippen molar-refractivity contribution >= 4 is 17.5 Å². The molecule has 1 aromatic rings. The Hall–Kier alpha value is -1.92. The molecule has 0 spiro atoms. The Morgan fingerprint density at radius 3 is 2.44 bits per heavy atom. The summed E-state index contributed by atoms with van der Waals surface area (Å²) in [7, 11) is 2.18. The number of amides is 2. The van der Waals surface area contributed by atoms with Gasteiger partial charge in [0.2, 0.25) is 5.91 Å². The van der Waals surface area contributed by atoms with E-state index in [0.29, 0.717) is 18.7 Å². The van der Waals surface area contributed by atoms with Crippen molar-refractivity contribution in [1.29, 1.82) is 0 Å². The summed E-state index contributed by atoms with van der Waals surface area (Å²) in [6.07, 6.45) is 2.43. The van der Waals surface area contributed by atoms with Gasteiger partial charge in [0, 0.05) is 0 Å². The van der Waals surface area contributed by atoms with E-state index in [1.165, 1.54) is 14.7 Å². The van der Waals surface area contributed by atoms with Gasteiger partial charge in [0.1, 0.15) is 31.9 Å². The van der Waals surface area contributed by atoms with Crippen molar-refractivity contribution < 1.29 is 24.1 Å². The van der Waals surface area contributed by atoms with Gasteiger partial charge < -0.3 is 14.5 Å². The molecule has 2 amide bonds. The zero-order valence-corrected chi connectivity index (χ0v) is 15.2. The summed E-state index contributed by atoms with van der Waals surface area (Å²) in [5.74, 6) is 0.633. The van der Waals surface area contributed by atoms with Crippen LogP contribution in [-0.4, -0.2) is 57.7 Å². The molecule has 6 nitrogen and oxygen atoms in total. The van der Waals surface area contributed by atoms with Crippen molar-refractivity contribution in [3.8, 4) is 5.75 Å². The standard InChI is InChI=1S/C19H27N3O3/c1-3-4-13-25-16-7-5-15(6-8-16)22-18(23)14-17(19(22)24)21-11-9-20(2)10-12-21/h5-8,17H,3-4,9-14H2,1-2H3/p+2/t17-/m0/s1. The van der Waals surface area contributed by atoms with Crippen LogP contribution in [0.25, 0.3) is 0 Å². The van der Waals surface area contributed by atoms with Crippen LogP contribution in [0.1, 0.15) is 26.2 Å². The van der Waals surface area contributed by atoms with Crippen LogP contribution in [0, 0.1) is 0 Å². The zero-order chi connectivity index (χ0) is 17.8. The van der Waals surface area contributed by atoms with Gasteiger partial charge in [-0.05, 0) is 30.7 Å². The van der Waals surface area contributed by atoms with Crippen LogP contribution < -0.4 is 19.4 Å². The minimum absolute atomic E-state index is 0.0563. The molecular formula is C19H29N3O3+2. The molecule has 136 valence electrons. The first-order chi connectivity index (χ1) is 12.1. The number of nitrogens with one attached hydrogen (secondary N) is 2.